The molecular weight excluding hydrogens is 250 g/mol. The number of rotatable bonds is 2. The van der Waals surface area contributed by atoms with Crippen molar-refractivity contribution >= 4 is 11.7 Å². The largest absolute Gasteiger partial charge is 0.322 e. The molecular formula is C16H23N3O. The van der Waals surface area contributed by atoms with E-state index in [4.69, 9.17) is 0 Å². The highest BCUT2D eigenvalue weighted by atomic mass is 16.2. The highest BCUT2D eigenvalue weighted by Gasteiger charge is 2.32. The Morgan fingerprint density at radius 1 is 1.15 bits per heavy atom. The van der Waals surface area contributed by atoms with Crippen LogP contribution in [0.2, 0.25) is 0 Å². The molecule has 3 rings (SSSR count). The third kappa shape index (κ3) is 2.96. The quantitative estimate of drug-likeness (QED) is 0.899. The van der Waals surface area contributed by atoms with Crippen LogP contribution in [0, 0.1) is 13.8 Å². The zero-order valence-electron chi connectivity index (χ0n) is 12.4. The van der Waals surface area contributed by atoms with Gasteiger partial charge < -0.3 is 10.2 Å². The van der Waals surface area contributed by atoms with Gasteiger partial charge >= 0.3 is 6.03 Å². The second-order valence-corrected chi connectivity index (χ2v) is 6.00. The van der Waals surface area contributed by atoms with Crippen molar-refractivity contribution in [2.75, 3.05) is 31.5 Å². The highest BCUT2D eigenvalue weighted by molar-refractivity contribution is 5.90. The van der Waals surface area contributed by atoms with Crippen molar-refractivity contribution < 1.29 is 4.79 Å². The van der Waals surface area contributed by atoms with E-state index in [9.17, 15) is 4.79 Å². The molecule has 1 heterocycles. The third-order valence-electron chi connectivity index (χ3n) is 4.29. The van der Waals surface area contributed by atoms with Crippen LogP contribution in [0.5, 0.6) is 0 Å². The summed E-state index contributed by atoms with van der Waals surface area (Å²) in [6.45, 7) is 7.82. The van der Waals surface area contributed by atoms with Crippen molar-refractivity contribution in [2.45, 2.75) is 32.7 Å². The fourth-order valence-electron chi connectivity index (χ4n) is 2.88. The van der Waals surface area contributed by atoms with E-state index in [1.54, 1.807) is 0 Å². The van der Waals surface area contributed by atoms with E-state index in [0.717, 1.165) is 43.5 Å². The maximum absolute atomic E-state index is 12.3. The number of nitrogens with zero attached hydrogens (tertiary/aromatic N) is 2. The molecule has 4 heteroatoms. The summed E-state index contributed by atoms with van der Waals surface area (Å²) in [5, 5.41) is 3.04. The summed E-state index contributed by atoms with van der Waals surface area (Å²) < 4.78 is 0. The van der Waals surface area contributed by atoms with Crippen molar-refractivity contribution in [1.82, 2.24) is 9.80 Å². The van der Waals surface area contributed by atoms with Crippen LogP contribution in [0.25, 0.3) is 0 Å². The first-order chi connectivity index (χ1) is 9.63. The topological polar surface area (TPSA) is 35.6 Å². The van der Waals surface area contributed by atoms with Crippen LogP contribution >= 0.6 is 0 Å². The number of anilines is 1. The first kappa shape index (κ1) is 13.4. The molecule has 108 valence electrons. The normalized spacial score (nSPS) is 20.0. The lowest BCUT2D eigenvalue weighted by Crippen LogP contribution is -2.50. The summed E-state index contributed by atoms with van der Waals surface area (Å²) in [5.41, 5.74) is 3.26. The molecule has 20 heavy (non-hydrogen) atoms. The molecule has 0 aromatic heterocycles. The van der Waals surface area contributed by atoms with Gasteiger partial charge in [-0.15, -0.1) is 0 Å². The molecule has 0 unspecified atom stereocenters. The molecule has 1 aromatic carbocycles. The molecule has 2 amide bonds. The number of carbonyl (C=O) groups is 1. The van der Waals surface area contributed by atoms with Gasteiger partial charge in [0.05, 0.1) is 0 Å². The van der Waals surface area contributed by atoms with Gasteiger partial charge in [0, 0.05) is 37.9 Å². The van der Waals surface area contributed by atoms with Crippen LogP contribution in [0.15, 0.2) is 18.2 Å². The van der Waals surface area contributed by atoms with Crippen LogP contribution < -0.4 is 5.32 Å². The van der Waals surface area contributed by atoms with Crippen LogP contribution in [0.4, 0.5) is 10.5 Å². The minimum absolute atomic E-state index is 0.0346. The summed E-state index contributed by atoms with van der Waals surface area (Å²) in [6.07, 6.45) is 2.68. The van der Waals surface area contributed by atoms with Crippen molar-refractivity contribution in [3.05, 3.63) is 29.3 Å². The predicted molar refractivity (Wildman–Crippen MR) is 81.1 cm³/mol. The maximum atomic E-state index is 12.3. The number of piperazine rings is 1. The van der Waals surface area contributed by atoms with Gasteiger partial charge in [-0.3, -0.25) is 4.90 Å². The molecule has 0 radical (unpaired) electrons. The fraction of sp³-hybridized carbons (Fsp3) is 0.562. The number of urea groups is 1. The van der Waals surface area contributed by atoms with Crippen molar-refractivity contribution in [3.63, 3.8) is 0 Å². The average Bonchev–Trinajstić information content (AvgIpc) is 3.26. The number of amides is 2. The first-order valence-electron chi connectivity index (χ1n) is 7.51. The molecule has 1 N–H and O–H groups in total. The number of hydrogen-bond donors (Lipinski definition) is 1. The van der Waals surface area contributed by atoms with E-state index < -0.39 is 0 Å². The summed E-state index contributed by atoms with van der Waals surface area (Å²) in [7, 11) is 0. The Kier molecular flexibility index (Phi) is 3.66. The highest BCUT2D eigenvalue weighted by Crippen LogP contribution is 2.27. The van der Waals surface area contributed by atoms with Gasteiger partial charge in [0.2, 0.25) is 0 Å². The molecule has 1 aromatic rings. The number of hydrogen-bond acceptors (Lipinski definition) is 2. The molecule has 1 saturated carbocycles. The molecule has 0 bridgehead atoms. The van der Waals surface area contributed by atoms with E-state index in [1.807, 2.05) is 24.0 Å². The smallest absolute Gasteiger partial charge is 0.321 e. The molecule has 1 aliphatic heterocycles. The first-order valence-corrected chi connectivity index (χ1v) is 7.51. The van der Waals surface area contributed by atoms with E-state index in [1.165, 1.54) is 18.4 Å². The van der Waals surface area contributed by atoms with E-state index in [2.05, 4.69) is 23.2 Å². The molecule has 4 nitrogen and oxygen atoms in total. The average molecular weight is 273 g/mol. The zero-order chi connectivity index (χ0) is 14.1. The van der Waals surface area contributed by atoms with Gasteiger partial charge in [-0.05, 0) is 38.3 Å². The van der Waals surface area contributed by atoms with E-state index in [-0.39, 0.29) is 6.03 Å². The number of benzene rings is 1. The van der Waals surface area contributed by atoms with Crippen molar-refractivity contribution in [3.8, 4) is 0 Å². The minimum atomic E-state index is 0.0346. The van der Waals surface area contributed by atoms with Gasteiger partial charge in [0.1, 0.15) is 0 Å². The van der Waals surface area contributed by atoms with E-state index in [0.29, 0.717) is 0 Å². The monoisotopic (exact) mass is 273 g/mol. The van der Waals surface area contributed by atoms with E-state index >= 15 is 0 Å². The molecule has 1 aliphatic carbocycles. The van der Waals surface area contributed by atoms with Crippen LogP contribution in [-0.4, -0.2) is 48.1 Å². The number of nitrogens with one attached hydrogen (secondary N) is 1. The van der Waals surface area contributed by atoms with Crippen molar-refractivity contribution in [2.24, 2.45) is 0 Å². The second-order valence-electron chi connectivity index (χ2n) is 6.00. The number of aryl methyl sites for hydroxylation is 2. The van der Waals surface area contributed by atoms with Crippen LogP contribution in [0.3, 0.4) is 0 Å². The Balaban J connectivity index is 1.56. The predicted octanol–water partition coefficient (Wildman–Crippen LogP) is 2.62. The molecule has 0 atom stereocenters. The Hall–Kier alpha value is -1.55. The number of carbonyl (C=O) groups excluding carboxylic acids is 1. The lowest BCUT2D eigenvalue weighted by Gasteiger charge is -2.34. The standard InChI is InChI=1S/C16H23N3O/c1-12-3-6-15(13(2)11-12)17-16(20)19-9-7-18(8-10-19)14-4-5-14/h3,6,11,14H,4-5,7-10H2,1-2H3,(H,17,20). The molecule has 2 aliphatic rings. The van der Waals surface area contributed by atoms with Gasteiger partial charge in [0.15, 0.2) is 0 Å². The summed E-state index contributed by atoms with van der Waals surface area (Å²) >= 11 is 0. The molecule has 0 spiro atoms. The van der Waals surface area contributed by atoms with Gasteiger partial charge in [-0.25, -0.2) is 4.79 Å². The Labute approximate surface area is 120 Å². The summed E-state index contributed by atoms with van der Waals surface area (Å²) in [4.78, 5) is 16.7. The lowest BCUT2D eigenvalue weighted by molar-refractivity contribution is 0.142. The minimum Gasteiger partial charge on any atom is -0.322 e. The maximum Gasteiger partial charge on any atom is 0.321 e. The van der Waals surface area contributed by atoms with Gasteiger partial charge in [-0.2, -0.15) is 0 Å². The van der Waals surface area contributed by atoms with Gasteiger partial charge in [-0.1, -0.05) is 17.7 Å². The second kappa shape index (κ2) is 5.44. The van der Waals surface area contributed by atoms with Crippen molar-refractivity contribution in [1.29, 1.82) is 0 Å². The Morgan fingerprint density at radius 3 is 2.45 bits per heavy atom. The molecule has 2 fully saturated rings. The summed E-state index contributed by atoms with van der Waals surface area (Å²) in [6, 6.07) is 6.96. The third-order valence-corrected chi connectivity index (χ3v) is 4.29. The zero-order valence-corrected chi connectivity index (χ0v) is 12.4. The summed E-state index contributed by atoms with van der Waals surface area (Å²) in [5.74, 6) is 0. The fourth-order valence-corrected chi connectivity index (χ4v) is 2.88. The van der Waals surface area contributed by atoms with Gasteiger partial charge in [0.25, 0.3) is 0 Å². The van der Waals surface area contributed by atoms with Crippen LogP contribution in [0.1, 0.15) is 24.0 Å². The molecule has 1 saturated heterocycles. The van der Waals surface area contributed by atoms with Crippen LogP contribution in [-0.2, 0) is 0 Å². The SMILES string of the molecule is Cc1ccc(NC(=O)N2CCN(C3CC3)CC2)c(C)c1. The Morgan fingerprint density at radius 2 is 1.85 bits per heavy atom. The Bertz CT molecular complexity index is 502. The lowest BCUT2D eigenvalue weighted by atomic mass is 10.1.